The van der Waals surface area contributed by atoms with E-state index in [1.807, 2.05) is 26.0 Å². The summed E-state index contributed by atoms with van der Waals surface area (Å²) in [5, 5.41) is 0. The molecule has 0 atom stereocenters. The number of nitrogen functional groups attached to an aromatic ring is 1. The summed E-state index contributed by atoms with van der Waals surface area (Å²) in [6.07, 6.45) is 0. The van der Waals surface area contributed by atoms with Crippen LogP contribution in [0, 0.1) is 13.8 Å². The predicted molar refractivity (Wildman–Crippen MR) is 60.2 cm³/mol. The Labute approximate surface area is 87.9 Å². The van der Waals surface area contributed by atoms with E-state index in [1.54, 1.807) is 0 Å². The Morgan fingerprint density at radius 1 is 1.36 bits per heavy atom. The van der Waals surface area contributed by atoms with E-state index < -0.39 is 0 Å². The largest absolute Gasteiger partial charge is 0.398 e. The highest BCUT2D eigenvalue weighted by molar-refractivity contribution is 8.00. The van der Waals surface area contributed by atoms with E-state index in [4.69, 9.17) is 11.5 Å². The molecule has 0 spiro atoms. The molecule has 0 heterocycles. The van der Waals surface area contributed by atoms with Gasteiger partial charge in [-0.2, -0.15) is 0 Å². The second kappa shape index (κ2) is 4.37. The lowest BCUT2D eigenvalue weighted by atomic mass is 10.1. The lowest BCUT2D eigenvalue weighted by molar-refractivity contribution is -0.115. The van der Waals surface area contributed by atoms with Crippen molar-refractivity contribution in [2.24, 2.45) is 5.73 Å². The third-order valence-corrected chi connectivity index (χ3v) is 3.09. The SMILES string of the molecule is Cc1cc(N)c(SCC(N)=O)cc1C. The summed E-state index contributed by atoms with van der Waals surface area (Å²) in [6, 6.07) is 3.90. The molecule has 0 saturated carbocycles. The van der Waals surface area contributed by atoms with Crippen molar-refractivity contribution in [2.75, 3.05) is 11.5 Å². The quantitative estimate of drug-likeness (QED) is 0.586. The molecule has 14 heavy (non-hydrogen) atoms. The fourth-order valence-corrected chi connectivity index (χ4v) is 1.87. The first-order valence-electron chi connectivity index (χ1n) is 4.28. The normalized spacial score (nSPS) is 10.1. The predicted octanol–water partition coefficient (Wildman–Crippen LogP) is 1.46. The van der Waals surface area contributed by atoms with Gasteiger partial charge in [0.25, 0.3) is 0 Å². The highest BCUT2D eigenvalue weighted by Crippen LogP contribution is 2.27. The minimum absolute atomic E-state index is 0.271. The molecule has 0 fully saturated rings. The van der Waals surface area contributed by atoms with Crippen molar-refractivity contribution in [3.8, 4) is 0 Å². The van der Waals surface area contributed by atoms with E-state index >= 15 is 0 Å². The van der Waals surface area contributed by atoms with E-state index in [1.165, 1.54) is 17.3 Å². The van der Waals surface area contributed by atoms with Crippen LogP contribution in [0.25, 0.3) is 0 Å². The lowest BCUT2D eigenvalue weighted by Crippen LogP contribution is -2.13. The molecule has 0 aliphatic heterocycles. The zero-order valence-corrected chi connectivity index (χ0v) is 9.15. The summed E-state index contributed by atoms with van der Waals surface area (Å²) < 4.78 is 0. The second-order valence-electron chi connectivity index (χ2n) is 3.23. The van der Waals surface area contributed by atoms with E-state index in [-0.39, 0.29) is 11.7 Å². The Morgan fingerprint density at radius 3 is 2.50 bits per heavy atom. The van der Waals surface area contributed by atoms with Crippen molar-refractivity contribution in [1.82, 2.24) is 0 Å². The average molecular weight is 210 g/mol. The highest BCUT2D eigenvalue weighted by atomic mass is 32.2. The maximum absolute atomic E-state index is 10.6. The molecule has 1 amide bonds. The maximum Gasteiger partial charge on any atom is 0.227 e. The molecular formula is C10H14N2OS. The number of hydrogen-bond donors (Lipinski definition) is 2. The molecule has 0 unspecified atom stereocenters. The van der Waals surface area contributed by atoms with Crippen LogP contribution < -0.4 is 11.5 Å². The number of thioether (sulfide) groups is 1. The first kappa shape index (κ1) is 10.9. The van der Waals surface area contributed by atoms with Crippen molar-refractivity contribution >= 4 is 23.4 Å². The zero-order valence-electron chi connectivity index (χ0n) is 8.33. The minimum atomic E-state index is -0.326. The molecule has 4 N–H and O–H groups in total. The van der Waals surface area contributed by atoms with Crippen LogP contribution in [0.5, 0.6) is 0 Å². The van der Waals surface area contributed by atoms with Gasteiger partial charge in [0, 0.05) is 10.6 Å². The van der Waals surface area contributed by atoms with Crippen LogP contribution in [0.3, 0.4) is 0 Å². The molecule has 0 radical (unpaired) electrons. The van der Waals surface area contributed by atoms with Crippen molar-refractivity contribution < 1.29 is 4.79 Å². The van der Waals surface area contributed by atoms with E-state index in [0.717, 1.165) is 10.5 Å². The van der Waals surface area contributed by atoms with Crippen molar-refractivity contribution in [3.63, 3.8) is 0 Å². The third-order valence-electron chi connectivity index (χ3n) is 2.00. The number of amides is 1. The molecule has 0 aliphatic rings. The lowest BCUT2D eigenvalue weighted by Gasteiger charge is -2.07. The fraction of sp³-hybridized carbons (Fsp3) is 0.300. The van der Waals surface area contributed by atoms with Crippen LogP contribution in [0.4, 0.5) is 5.69 Å². The molecule has 0 bridgehead atoms. The maximum atomic E-state index is 10.6. The van der Waals surface area contributed by atoms with Gasteiger partial charge >= 0.3 is 0 Å². The molecule has 0 aliphatic carbocycles. The fourth-order valence-electron chi connectivity index (χ4n) is 1.09. The third kappa shape index (κ3) is 2.67. The molecule has 1 rings (SSSR count). The van der Waals surface area contributed by atoms with Crippen molar-refractivity contribution in [1.29, 1.82) is 0 Å². The van der Waals surface area contributed by atoms with Gasteiger partial charge in [0.15, 0.2) is 0 Å². The van der Waals surface area contributed by atoms with Gasteiger partial charge in [0.2, 0.25) is 5.91 Å². The zero-order chi connectivity index (χ0) is 10.7. The minimum Gasteiger partial charge on any atom is -0.398 e. The van der Waals surface area contributed by atoms with Crippen LogP contribution in [-0.4, -0.2) is 11.7 Å². The van der Waals surface area contributed by atoms with Gasteiger partial charge in [-0.3, -0.25) is 4.79 Å². The summed E-state index contributed by atoms with van der Waals surface area (Å²) in [5.41, 5.74) is 13.9. The number of anilines is 1. The van der Waals surface area contributed by atoms with Gasteiger partial charge in [0.05, 0.1) is 5.75 Å². The molecular weight excluding hydrogens is 196 g/mol. The first-order chi connectivity index (χ1) is 6.50. The first-order valence-corrected chi connectivity index (χ1v) is 5.27. The number of hydrogen-bond acceptors (Lipinski definition) is 3. The Morgan fingerprint density at radius 2 is 1.93 bits per heavy atom. The van der Waals surface area contributed by atoms with Gasteiger partial charge in [-0.25, -0.2) is 0 Å². The number of benzene rings is 1. The van der Waals surface area contributed by atoms with Crippen LogP contribution in [0.1, 0.15) is 11.1 Å². The highest BCUT2D eigenvalue weighted by Gasteiger charge is 2.04. The van der Waals surface area contributed by atoms with E-state index in [2.05, 4.69) is 0 Å². The van der Waals surface area contributed by atoms with Crippen LogP contribution in [0.15, 0.2) is 17.0 Å². The van der Waals surface area contributed by atoms with Gasteiger partial charge in [-0.1, -0.05) is 0 Å². The topological polar surface area (TPSA) is 69.1 Å². The monoisotopic (exact) mass is 210 g/mol. The van der Waals surface area contributed by atoms with Crippen LogP contribution in [0.2, 0.25) is 0 Å². The molecule has 0 aromatic heterocycles. The molecule has 76 valence electrons. The molecule has 0 saturated heterocycles. The van der Waals surface area contributed by atoms with Crippen molar-refractivity contribution in [3.05, 3.63) is 23.3 Å². The van der Waals surface area contributed by atoms with Gasteiger partial charge in [0.1, 0.15) is 0 Å². The number of aryl methyl sites for hydroxylation is 2. The molecule has 3 nitrogen and oxygen atoms in total. The summed E-state index contributed by atoms with van der Waals surface area (Å²) in [4.78, 5) is 11.5. The van der Waals surface area contributed by atoms with Crippen molar-refractivity contribution in [2.45, 2.75) is 18.7 Å². The van der Waals surface area contributed by atoms with Gasteiger partial charge in [-0.15, -0.1) is 11.8 Å². The Kier molecular flexibility index (Phi) is 3.41. The Hall–Kier alpha value is -1.16. The Balaban J connectivity index is 2.87. The average Bonchev–Trinajstić information content (AvgIpc) is 2.09. The van der Waals surface area contributed by atoms with Gasteiger partial charge < -0.3 is 11.5 Å². The van der Waals surface area contributed by atoms with Crippen LogP contribution >= 0.6 is 11.8 Å². The summed E-state index contributed by atoms with van der Waals surface area (Å²) in [5.74, 6) is -0.0557. The number of nitrogens with two attached hydrogens (primary N) is 2. The number of primary amides is 1. The number of carbonyl (C=O) groups excluding carboxylic acids is 1. The van der Waals surface area contributed by atoms with Gasteiger partial charge in [-0.05, 0) is 37.1 Å². The molecule has 4 heteroatoms. The van der Waals surface area contributed by atoms with E-state index in [0.29, 0.717) is 5.69 Å². The summed E-state index contributed by atoms with van der Waals surface area (Å²) >= 11 is 1.38. The summed E-state index contributed by atoms with van der Waals surface area (Å²) in [7, 11) is 0. The second-order valence-corrected chi connectivity index (χ2v) is 4.25. The number of rotatable bonds is 3. The smallest absolute Gasteiger partial charge is 0.227 e. The standard InChI is InChI=1S/C10H14N2OS/c1-6-3-8(11)9(4-7(6)2)14-5-10(12)13/h3-4H,5,11H2,1-2H3,(H2,12,13). The molecule has 1 aromatic carbocycles. The summed E-state index contributed by atoms with van der Waals surface area (Å²) in [6.45, 7) is 4.03. The van der Waals surface area contributed by atoms with Crippen LogP contribution in [-0.2, 0) is 4.79 Å². The van der Waals surface area contributed by atoms with E-state index in [9.17, 15) is 4.79 Å². The Bertz CT molecular complexity index is 363. The molecule has 1 aromatic rings. The number of carbonyl (C=O) groups is 1.